The van der Waals surface area contributed by atoms with Crippen LogP contribution in [0.5, 0.6) is 0 Å². The number of para-hydroxylation sites is 1. The Bertz CT molecular complexity index is 813. The Morgan fingerprint density at radius 2 is 2.27 bits per heavy atom. The van der Waals surface area contributed by atoms with Gasteiger partial charge in [-0.2, -0.15) is 0 Å². The average Bonchev–Trinajstić information content (AvgIpc) is 2.71. The Morgan fingerprint density at radius 1 is 1.42 bits per heavy atom. The number of aromatic nitrogens is 1. The number of esters is 1. The van der Waals surface area contributed by atoms with E-state index >= 15 is 0 Å². The third-order valence-corrected chi connectivity index (χ3v) is 6.04. The van der Waals surface area contributed by atoms with Crippen molar-refractivity contribution in [2.24, 2.45) is 11.8 Å². The van der Waals surface area contributed by atoms with Crippen LogP contribution >= 0.6 is 0 Å². The molecule has 0 spiro atoms. The van der Waals surface area contributed by atoms with E-state index in [2.05, 4.69) is 28.6 Å². The van der Waals surface area contributed by atoms with Crippen molar-refractivity contribution in [2.75, 3.05) is 13.1 Å². The van der Waals surface area contributed by atoms with Gasteiger partial charge in [-0.3, -0.25) is 14.7 Å². The molecule has 3 aliphatic rings. The van der Waals surface area contributed by atoms with Crippen molar-refractivity contribution in [2.45, 2.75) is 38.3 Å². The number of fused-ring (bicyclic) bond motifs is 4. The van der Waals surface area contributed by atoms with Crippen molar-refractivity contribution < 1.29 is 9.53 Å². The van der Waals surface area contributed by atoms with Gasteiger partial charge in [0.25, 0.3) is 0 Å². The number of carbonyl (C=O) groups excluding carboxylic acids is 1. The molecule has 26 heavy (non-hydrogen) atoms. The summed E-state index contributed by atoms with van der Waals surface area (Å²) < 4.78 is 6.02. The van der Waals surface area contributed by atoms with Crippen LogP contribution in [-0.4, -0.2) is 35.0 Å². The Hall–Kier alpha value is -2.20. The number of hydrogen-bond donors (Lipinski definition) is 0. The molecule has 3 saturated heterocycles. The minimum atomic E-state index is -0.246. The first-order chi connectivity index (χ1) is 12.7. The second kappa shape index (κ2) is 7.20. The summed E-state index contributed by atoms with van der Waals surface area (Å²) in [5, 5.41) is 1.08. The molecule has 4 heteroatoms. The quantitative estimate of drug-likeness (QED) is 0.601. The monoisotopic (exact) mass is 350 g/mol. The third kappa shape index (κ3) is 3.03. The molecule has 1 unspecified atom stereocenters. The SMILES string of the molecule is C=C[C@H]1CN2CC[C@@H]1C[C@H]2[C@H](OC(=O)CC)c1ccnc2ccccc12. The van der Waals surface area contributed by atoms with Gasteiger partial charge in [0.05, 0.1) is 11.6 Å². The van der Waals surface area contributed by atoms with Gasteiger partial charge >= 0.3 is 5.97 Å². The molecular formula is C22H26N2O2. The first-order valence-corrected chi connectivity index (χ1v) is 9.61. The van der Waals surface area contributed by atoms with E-state index in [4.69, 9.17) is 4.74 Å². The fourth-order valence-corrected chi connectivity index (χ4v) is 4.63. The molecule has 5 atom stereocenters. The van der Waals surface area contributed by atoms with Gasteiger partial charge in [0.2, 0.25) is 0 Å². The molecule has 0 amide bonds. The molecule has 2 bridgehead atoms. The Morgan fingerprint density at radius 3 is 3.00 bits per heavy atom. The highest BCUT2D eigenvalue weighted by Gasteiger charge is 2.44. The van der Waals surface area contributed by atoms with Crippen molar-refractivity contribution in [3.63, 3.8) is 0 Å². The number of hydrogen-bond acceptors (Lipinski definition) is 4. The number of carbonyl (C=O) groups is 1. The smallest absolute Gasteiger partial charge is 0.306 e. The minimum Gasteiger partial charge on any atom is -0.456 e. The highest BCUT2D eigenvalue weighted by atomic mass is 16.5. The minimum absolute atomic E-state index is 0.140. The van der Waals surface area contributed by atoms with E-state index in [-0.39, 0.29) is 18.1 Å². The number of nitrogens with zero attached hydrogens (tertiary/aromatic N) is 2. The number of rotatable bonds is 5. The molecule has 136 valence electrons. The topological polar surface area (TPSA) is 42.4 Å². The van der Waals surface area contributed by atoms with Crippen LogP contribution in [0, 0.1) is 11.8 Å². The summed E-state index contributed by atoms with van der Waals surface area (Å²) in [6, 6.07) is 10.3. The maximum Gasteiger partial charge on any atom is 0.306 e. The Kier molecular flexibility index (Phi) is 4.77. The summed E-state index contributed by atoms with van der Waals surface area (Å²) in [6.45, 7) is 7.95. The molecule has 5 rings (SSSR count). The zero-order chi connectivity index (χ0) is 18.1. The van der Waals surface area contributed by atoms with Crippen molar-refractivity contribution >= 4 is 16.9 Å². The summed E-state index contributed by atoms with van der Waals surface area (Å²) in [4.78, 5) is 19.2. The molecule has 1 aromatic carbocycles. The number of pyridine rings is 1. The van der Waals surface area contributed by atoms with Gasteiger partial charge in [-0.25, -0.2) is 0 Å². The molecule has 0 saturated carbocycles. The zero-order valence-electron chi connectivity index (χ0n) is 15.3. The van der Waals surface area contributed by atoms with E-state index in [1.54, 1.807) is 0 Å². The number of ether oxygens (including phenoxy) is 1. The molecule has 0 N–H and O–H groups in total. The molecule has 3 fully saturated rings. The van der Waals surface area contributed by atoms with E-state index in [9.17, 15) is 4.79 Å². The lowest BCUT2D eigenvalue weighted by molar-refractivity contribution is -0.156. The van der Waals surface area contributed by atoms with E-state index in [0.717, 1.165) is 36.0 Å². The van der Waals surface area contributed by atoms with Crippen LogP contribution < -0.4 is 0 Å². The summed E-state index contributed by atoms with van der Waals surface area (Å²) in [7, 11) is 0. The van der Waals surface area contributed by atoms with Crippen LogP contribution in [0.2, 0.25) is 0 Å². The van der Waals surface area contributed by atoms with Crippen molar-refractivity contribution in [3.8, 4) is 0 Å². The van der Waals surface area contributed by atoms with Crippen LogP contribution in [0.25, 0.3) is 10.9 Å². The maximum atomic E-state index is 12.2. The van der Waals surface area contributed by atoms with Crippen molar-refractivity contribution in [3.05, 3.63) is 54.7 Å². The lowest BCUT2D eigenvalue weighted by Gasteiger charge is -2.51. The zero-order valence-corrected chi connectivity index (χ0v) is 15.3. The molecule has 3 aliphatic heterocycles. The van der Waals surface area contributed by atoms with E-state index in [1.165, 1.54) is 6.42 Å². The van der Waals surface area contributed by atoms with Crippen molar-refractivity contribution in [1.29, 1.82) is 0 Å². The van der Waals surface area contributed by atoms with Gasteiger partial charge < -0.3 is 4.74 Å². The van der Waals surface area contributed by atoms with Gasteiger partial charge in [-0.1, -0.05) is 31.2 Å². The first-order valence-electron chi connectivity index (χ1n) is 9.61. The lowest BCUT2D eigenvalue weighted by atomic mass is 9.73. The number of piperidine rings is 3. The van der Waals surface area contributed by atoms with E-state index < -0.39 is 0 Å². The van der Waals surface area contributed by atoms with Crippen LogP contribution in [0.3, 0.4) is 0 Å². The van der Waals surface area contributed by atoms with Crippen LogP contribution in [0.4, 0.5) is 0 Å². The Labute approximate surface area is 154 Å². The molecular weight excluding hydrogens is 324 g/mol. The van der Waals surface area contributed by atoms with Crippen LogP contribution in [0.1, 0.15) is 37.9 Å². The molecule has 1 aromatic heterocycles. The van der Waals surface area contributed by atoms with E-state index in [0.29, 0.717) is 18.3 Å². The highest BCUT2D eigenvalue weighted by Crippen LogP contribution is 2.43. The largest absolute Gasteiger partial charge is 0.456 e. The van der Waals surface area contributed by atoms with Gasteiger partial charge in [0, 0.05) is 30.1 Å². The fraction of sp³-hybridized carbons (Fsp3) is 0.455. The number of benzene rings is 1. The van der Waals surface area contributed by atoms with Gasteiger partial charge in [-0.05, 0) is 43.4 Å². The summed E-state index contributed by atoms with van der Waals surface area (Å²) >= 11 is 0. The van der Waals surface area contributed by atoms with Crippen molar-refractivity contribution in [1.82, 2.24) is 9.88 Å². The molecule has 4 heterocycles. The van der Waals surface area contributed by atoms with Crippen LogP contribution in [-0.2, 0) is 9.53 Å². The first kappa shape index (κ1) is 17.2. The van der Waals surface area contributed by atoms with E-state index in [1.807, 2.05) is 37.4 Å². The van der Waals surface area contributed by atoms with Gasteiger partial charge in [0.1, 0.15) is 6.10 Å². The lowest BCUT2D eigenvalue weighted by Crippen LogP contribution is -2.55. The second-order valence-electron chi connectivity index (χ2n) is 7.43. The summed E-state index contributed by atoms with van der Waals surface area (Å²) in [5.41, 5.74) is 2.02. The molecule has 0 aliphatic carbocycles. The predicted molar refractivity (Wildman–Crippen MR) is 103 cm³/mol. The van der Waals surface area contributed by atoms with Crippen LogP contribution in [0.15, 0.2) is 49.2 Å². The average molecular weight is 350 g/mol. The molecule has 0 radical (unpaired) electrons. The van der Waals surface area contributed by atoms with Gasteiger partial charge in [-0.15, -0.1) is 6.58 Å². The predicted octanol–water partition coefficient (Wildman–Crippen LogP) is 4.13. The summed E-state index contributed by atoms with van der Waals surface area (Å²) in [5.74, 6) is 1.05. The highest BCUT2D eigenvalue weighted by molar-refractivity contribution is 5.82. The third-order valence-electron chi connectivity index (χ3n) is 6.04. The standard InChI is InChI=1S/C22H26N2O2/c1-3-15-14-24-12-10-16(15)13-20(24)22(26-21(25)4-2)18-9-11-23-19-8-6-5-7-17(18)19/h3,5-9,11,15-16,20,22H,1,4,10,12-14H2,2H3/t15-,16+,20-,22+/m0/s1. The molecule has 2 aromatic rings. The molecule has 4 nitrogen and oxygen atoms in total. The normalized spacial score (nSPS) is 28.7. The summed E-state index contributed by atoms with van der Waals surface area (Å²) in [6.07, 6.45) is 6.33. The second-order valence-corrected chi connectivity index (χ2v) is 7.43. The Balaban J connectivity index is 1.73. The van der Waals surface area contributed by atoms with Gasteiger partial charge in [0.15, 0.2) is 0 Å². The maximum absolute atomic E-state index is 12.2. The fourth-order valence-electron chi connectivity index (χ4n) is 4.63.